The SMILES string of the molecule is CCCS(=O)(=O)c1ccccc1C(=O)NCc1ccccc1OC. The second-order valence-corrected chi connectivity index (χ2v) is 7.39. The average molecular weight is 347 g/mol. The van der Waals surface area contributed by atoms with Crippen LogP contribution < -0.4 is 10.1 Å². The molecule has 0 aliphatic carbocycles. The third-order valence-corrected chi connectivity index (χ3v) is 5.54. The highest BCUT2D eigenvalue weighted by Crippen LogP contribution is 2.19. The molecule has 0 spiro atoms. The van der Waals surface area contributed by atoms with E-state index >= 15 is 0 Å². The lowest BCUT2D eigenvalue weighted by Crippen LogP contribution is -2.25. The van der Waals surface area contributed by atoms with Gasteiger partial charge in [0.25, 0.3) is 5.91 Å². The number of hydrogen-bond donors (Lipinski definition) is 1. The topological polar surface area (TPSA) is 72.5 Å². The van der Waals surface area contributed by atoms with E-state index in [0.29, 0.717) is 12.2 Å². The average Bonchev–Trinajstić information content (AvgIpc) is 2.60. The highest BCUT2D eigenvalue weighted by atomic mass is 32.2. The molecule has 1 amide bonds. The number of para-hydroxylation sites is 1. The van der Waals surface area contributed by atoms with Crippen molar-refractivity contribution in [1.82, 2.24) is 5.32 Å². The molecule has 0 atom stereocenters. The summed E-state index contributed by atoms with van der Waals surface area (Å²) in [5.74, 6) is 0.268. The van der Waals surface area contributed by atoms with Crippen LogP contribution in [0.1, 0.15) is 29.3 Å². The molecule has 0 heterocycles. The predicted octanol–water partition coefficient (Wildman–Crippen LogP) is 2.81. The number of amides is 1. The first kappa shape index (κ1) is 18.0. The maximum atomic E-state index is 12.5. The van der Waals surface area contributed by atoms with E-state index in [-0.39, 0.29) is 22.8 Å². The molecule has 2 rings (SSSR count). The van der Waals surface area contributed by atoms with Crippen molar-refractivity contribution in [2.45, 2.75) is 24.8 Å². The summed E-state index contributed by atoms with van der Waals surface area (Å²) in [5.41, 5.74) is 0.989. The predicted molar refractivity (Wildman–Crippen MR) is 93.0 cm³/mol. The fraction of sp³-hybridized carbons (Fsp3) is 0.278. The summed E-state index contributed by atoms with van der Waals surface area (Å²) in [7, 11) is -1.90. The number of methoxy groups -OCH3 is 1. The van der Waals surface area contributed by atoms with Gasteiger partial charge in [0.1, 0.15) is 5.75 Å². The Morgan fingerprint density at radius 1 is 1.08 bits per heavy atom. The molecule has 128 valence electrons. The smallest absolute Gasteiger partial charge is 0.252 e. The van der Waals surface area contributed by atoms with E-state index in [2.05, 4.69) is 5.32 Å². The highest BCUT2D eigenvalue weighted by molar-refractivity contribution is 7.91. The van der Waals surface area contributed by atoms with Crippen molar-refractivity contribution in [3.8, 4) is 5.75 Å². The van der Waals surface area contributed by atoms with E-state index < -0.39 is 15.7 Å². The Morgan fingerprint density at radius 2 is 1.75 bits per heavy atom. The van der Waals surface area contributed by atoms with E-state index in [9.17, 15) is 13.2 Å². The Labute approximate surface area is 142 Å². The first-order valence-electron chi connectivity index (χ1n) is 7.71. The maximum Gasteiger partial charge on any atom is 0.252 e. The first-order valence-corrected chi connectivity index (χ1v) is 9.36. The lowest BCUT2D eigenvalue weighted by atomic mass is 10.1. The second-order valence-electron chi connectivity index (χ2n) is 5.31. The van der Waals surface area contributed by atoms with Gasteiger partial charge in [0, 0.05) is 12.1 Å². The lowest BCUT2D eigenvalue weighted by molar-refractivity contribution is 0.0947. The Morgan fingerprint density at radius 3 is 2.46 bits per heavy atom. The number of benzene rings is 2. The molecule has 0 radical (unpaired) electrons. The maximum absolute atomic E-state index is 12.5. The normalized spacial score (nSPS) is 11.1. The van der Waals surface area contributed by atoms with Crippen LogP contribution in [0, 0.1) is 0 Å². The standard InChI is InChI=1S/C18H21NO4S/c1-3-12-24(21,22)17-11-7-5-9-15(17)18(20)19-13-14-8-4-6-10-16(14)23-2/h4-11H,3,12-13H2,1-2H3,(H,19,20). The third-order valence-electron chi connectivity index (χ3n) is 3.57. The van der Waals surface area contributed by atoms with E-state index in [1.165, 1.54) is 12.1 Å². The van der Waals surface area contributed by atoms with Crippen molar-refractivity contribution >= 4 is 15.7 Å². The van der Waals surface area contributed by atoms with Crippen LogP contribution in [0.3, 0.4) is 0 Å². The molecule has 0 aliphatic heterocycles. The van der Waals surface area contributed by atoms with Crippen LogP contribution >= 0.6 is 0 Å². The van der Waals surface area contributed by atoms with Gasteiger partial charge in [-0.3, -0.25) is 4.79 Å². The summed E-state index contributed by atoms with van der Waals surface area (Å²) in [6.07, 6.45) is 0.500. The second kappa shape index (κ2) is 7.97. The van der Waals surface area contributed by atoms with Crippen molar-refractivity contribution in [2.24, 2.45) is 0 Å². The fourth-order valence-electron chi connectivity index (χ4n) is 2.42. The summed E-state index contributed by atoms with van der Waals surface area (Å²) >= 11 is 0. The molecule has 2 aromatic carbocycles. The highest BCUT2D eigenvalue weighted by Gasteiger charge is 2.21. The molecule has 0 aliphatic rings. The number of ether oxygens (including phenoxy) is 1. The number of carbonyl (C=O) groups excluding carboxylic acids is 1. The zero-order chi connectivity index (χ0) is 17.6. The minimum absolute atomic E-state index is 0.0177. The van der Waals surface area contributed by atoms with Crippen LogP contribution in [-0.2, 0) is 16.4 Å². The molecule has 0 aromatic heterocycles. The largest absolute Gasteiger partial charge is 0.496 e. The number of sulfone groups is 1. The number of carbonyl (C=O) groups is 1. The van der Waals surface area contributed by atoms with Gasteiger partial charge in [-0.15, -0.1) is 0 Å². The van der Waals surface area contributed by atoms with E-state index in [1.807, 2.05) is 18.2 Å². The van der Waals surface area contributed by atoms with Gasteiger partial charge in [-0.2, -0.15) is 0 Å². The Hall–Kier alpha value is -2.34. The van der Waals surface area contributed by atoms with Crippen LogP contribution in [0.5, 0.6) is 5.75 Å². The molecule has 0 saturated heterocycles. The quantitative estimate of drug-likeness (QED) is 0.836. The van der Waals surface area contributed by atoms with Gasteiger partial charge in [0.05, 0.1) is 23.3 Å². The molecule has 0 fully saturated rings. The Kier molecular flexibility index (Phi) is 5.98. The van der Waals surface area contributed by atoms with Crippen molar-refractivity contribution in [3.63, 3.8) is 0 Å². The molecule has 1 N–H and O–H groups in total. The van der Waals surface area contributed by atoms with E-state index in [4.69, 9.17) is 4.74 Å². The molecule has 0 unspecified atom stereocenters. The summed E-state index contributed by atoms with van der Waals surface area (Å²) in [5, 5.41) is 2.76. The van der Waals surface area contributed by atoms with Crippen LogP contribution in [0.4, 0.5) is 0 Å². The van der Waals surface area contributed by atoms with Crippen LogP contribution in [-0.4, -0.2) is 27.2 Å². The monoisotopic (exact) mass is 347 g/mol. The summed E-state index contributed by atoms with van der Waals surface area (Å²) in [4.78, 5) is 12.5. The van der Waals surface area contributed by atoms with E-state index in [0.717, 1.165) is 5.56 Å². The van der Waals surface area contributed by atoms with E-state index in [1.54, 1.807) is 32.2 Å². The molecular formula is C18H21NO4S. The number of hydrogen-bond acceptors (Lipinski definition) is 4. The Bertz CT molecular complexity index is 815. The first-order chi connectivity index (χ1) is 11.5. The molecule has 0 saturated carbocycles. The molecule has 24 heavy (non-hydrogen) atoms. The molecule has 6 heteroatoms. The van der Waals surface area contributed by atoms with Gasteiger partial charge >= 0.3 is 0 Å². The summed E-state index contributed by atoms with van der Waals surface area (Å²) < 4.78 is 29.9. The van der Waals surface area contributed by atoms with Crippen molar-refractivity contribution < 1.29 is 17.9 Å². The minimum Gasteiger partial charge on any atom is -0.496 e. The molecular weight excluding hydrogens is 326 g/mol. The van der Waals surface area contributed by atoms with Crippen LogP contribution in [0.15, 0.2) is 53.4 Å². The van der Waals surface area contributed by atoms with Crippen molar-refractivity contribution in [2.75, 3.05) is 12.9 Å². The number of nitrogens with one attached hydrogen (secondary N) is 1. The number of rotatable bonds is 7. The molecule has 2 aromatic rings. The van der Waals surface area contributed by atoms with Gasteiger partial charge in [0.2, 0.25) is 0 Å². The fourth-order valence-corrected chi connectivity index (χ4v) is 3.96. The summed E-state index contributed by atoms with van der Waals surface area (Å²) in [6.45, 7) is 2.05. The lowest BCUT2D eigenvalue weighted by Gasteiger charge is -2.12. The van der Waals surface area contributed by atoms with Gasteiger partial charge in [-0.25, -0.2) is 8.42 Å². The van der Waals surface area contributed by atoms with Crippen LogP contribution in [0.25, 0.3) is 0 Å². The Balaban J connectivity index is 2.22. The van der Waals surface area contributed by atoms with Crippen LogP contribution in [0.2, 0.25) is 0 Å². The van der Waals surface area contributed by atoms with Crippen molar-refractivity contribution in [3.05, 3.63) is 59.7 Å². The van der Waals surface area contributed by atoms with Gasteiger partial charge in [-0.1, -0.05) is 37.3 Å². The summed E-state index contributed by atoms with van der Waals surface area (Å²) in [6, 6.07) is 13.6. The third kappa shape index (κ3) is 4.14. The van der Waals surface area contributed by atoms with Gasteiger partial charge < -0.3 is 10.1 Å². The van der Waals surface area contributed by atoms with Crippen molar-refractivity contribution in [1.29, 1.82) is 0 Å². The zero-order valence-corrected chi connectivity index (χ0v) is 14.6. The zero-order valence-electron chi connectivity index (χ0n) is 13.8. The minimum atomic E-state index is -3.47. The molecule has 5 nitrogen and oxygen atoms in total. The van der Waals surface area contributed by atoms with Gasteiger partial charge in [0.15, 0.2) is 9.84 Å². The van der Waals surface area contributed by atoms with Gasteiger partial charge in [-0.05, 0) is 24.6 Å². The molecule has 0 bridgehead atoms.